The first-order valence-corrected chi connectivity index (χ1v) is 4.82. The average molecular weight is 185 g/mol. The number of hydrogen-bond donors (Lipinski definition) is 2. The average Bonchev–Trinajstić information content (AvgIpc) is 2.41. The number of aliphatic hydroxyl groups is 1. The number of carboxylic acid groups (broad SMARTS) is 1. The van der Waals surface area contributed by atoms with Gasteiger partial charge in [-0.1, -0.05) is 0 Å². The van der Waals surface area contributed by atoms with Gasteiger partial charge in [-0.25, -0.2) is 0 Å². The molecule has 0 aromatic rings. The lowest BCUT2D eigenvalue weighted by Crippen LogP contribution is -2.53. The lowest BCUT2D eigenvalue weighted by molar-refractivity contribution is -0.151. The van der Waals surface area contributed by atoms with E-state index in [0.717, 1.165) is 19.4 Å². The molecule has 2 aliphatic heterocycles. The van der Waals surface area contributed by atoms with Crippen molar-refractivity contribution in [1.29, 1.82) is 0 Å². The molecule has 4 heteroatoms. The van der Waals surface area contributed by atoms with Crippen LogP contribution >= 0.6 is 0 Å². The van der Waals surface area contributed by atoms with Crippen LogP contribution in [0.3, 0.4) is 0 Å². The Hall–Kier alpha value is -0.610. The SMILES string of the molecule is O=C(O)[C@@]12CCCCN1C[C@H](O)C2. The van der Waals surface area contributed by atoms with Gasteiger partial charge in [-0.05, 0) is 25.8 Å². The summed E-state index contributed by atoms with van der Waals surface area (Å²) < 4.78 is 0. The fraction of sp³-hybridized carbons (Fsp3) is 0.889. The number of aliphatic hydroxyl groups excluding tert-OH is 1. The maximum absolute atomic E-state index is 11.2. The number of piperidine rings is 1. The van der Waals surface area contributed by atoms with E-state index in [1.54, 1.807) is 0 Å². The van der Waals surface area contributed by atoms with Crippen LogP contribution < -0.4 is 0 Å². The van der Waals surface area contributed by atoms with Crippen molar-refractivity contribution < 1.29 is 15.0 Å². The van der Waals surface area contributed by atoms with Crippen LogP contribution in [0.4, 0.5) is 0 Å². The van der Waals surface area contributed by atoms with Crippen LogP contribution in [0.1, 0.15) is 25.7 Å². The quantitative estimate of drug-likeness (QED) is 0.606. The molecule has 2 aliphatic rings. The summed E-state index contributed by atoms with van der Waals surface area (Å²) in [5.74, 6) is -0.760. The molecule has 2 fully saturated rings. The Morgan fingerprint density at radius 2 is 2.23 bits per heavy atom. The lowest BCUT2D eigenvalue weighted by Gasteiger charge is -2.38. The third-order valence-electron chi connectivity index (χ3n) is 3.28. The number of β-amino-alcohol motifs (C(OH)–C–C–N with tert-alkyl or cyclic N) is 1. The van der Waals surface area contributed by atoms with Gasteiger partial charge in [-0.2, -0.15) is 0 Å². The highest BCUT2D eigenvalue weighted by Gasteiger charge is 2.51. The molecule has 13 heavy (non-hydrogen) atoms. The van der Waals surface area contributed by atoms with Gasteiger partial charge >= 0.3 is 5.97 Å². The third-order valence-corrected chi connectivity index (χ3v) is 3.28. The molecule has 0 aromatic heterocycles. The van der Waals surface area contributed by atoms with Crippen LogP contribution in [-0.2, 0) is 4.79 Å². The highest BCUT2D eigenvalue weighted by atomic mass is 16.4. The molecule has 2 N–H and O–H groups in total. The maximum atomic E-state index is 11.2. The van der Waals surface area contributed by atoms with Gasteiger partial charge < -0.3 is 10.2 Å². The zero-order chi connectivity index (χ0) is 9.47. The van der Waals surface area contributed by atoms with Gasteiger partial charge in [-0.15, -0.1) is 0 Å². The first-order chi connectivity index (χ1) is 6.15. The third kappa shape index (κ3) is 1.25. The van der Waals surface area contributed by atoms with Gasteiger partial charge in [0, 0.05) is 13.0 Å². The molecule has 2 saturated heterocycles. The predicted octanol–water partition coefficient (Wildman–Crippen LogP) is 0.0603. The minimum absolute atomic E-state index is 0.405. The molecular weight excluding hydrogens is 170 g/mol. The molecule has 0 spiro atoms. The van der Waals surface area contributed by atoms with Gasteiger partial charge in [0.2, 0.25) is 0 Å². The number of carboxylic acids is 1. The van der Waals surface area contributed by atoms with E-state index >= 15 is 0 Å². The van der Waals surface area contributed by atoms with Crippen LogP contribution in [0.15, 0.2) is 0 Å². The molecule has 0 amide bonds. The van der Waals surface area contributed by atoms with Crippen molar-refractivity contribution in [2.24, 2.45) is 0 Å². The van der Waals surface area contributed by atoms with E-state index in [2.05, 4.69) is 0 Å². The van der Waals surface area contributed by atoms with Gasteiger partial charge in [0.25, 0.3) is 0 Å². The van der Waals surface area contributed by atoms with Crippen LogP contribution in [0.25, 0.3) is 0 Å². The van der Waals surface area contributed by atoms with E-state index in [9.17, 15) is 9.90 Å². The highest BCUT2D eigenvalue weighted by molar-refractivity contribution is 5.79. The number of nitrogens with zero attached hydrogens (tertiary/aromatic N) is 1. The standard InChI is InChI=1S/C9H15NO3/c11-7-5-9(8(12)13)3-1-2-4-10(9)6-7/h7,11H,1-6H2,(H,12,13)/t7-,9+/m1/s1. The topological polar surface area (TPSA) is 60.8 Å². The summed E-state index contributed by atoms with van der Waals surface area (Å²) in [4.78, 5) is 13.1. The predicted molar refractivity (Wildman–Crippen MR) is 46.4 cm³/mol. The van der Waals surface area contributed by atoms with Crippen molar-refractivity contribution >= 4 is 5.97 Å². The fourth-order valence-corrected chi connectivity index (χ4v) is 2.63. The summed E-state index contributed by atoms with van der Waals surface area (Å²) in [6.45, 7) is 1.36. The monoisotopic (exact) mass is 185 g/mol. The Kier molecular flexibility index (Phi) is 2.04. The zero-order valence-electron chi connectivity index (χ0n) is 7.57. The van der Waals surface area contributed by atoms with Crippen molar-refractivity contribution in [3.05, 3.63) is 0 Å². The van der Waals surface area contributed by atoms with Gasteiger partial charge in [0.15, 0.2) is 0 Å². The van der Waals surface area contributed by atoms with E-state index < -0.39 is 17.6 Å². The number of hydrogen-bond acceptors (Lipinski definition) is 3. The summed E-state index contributed by atoms with van der Waals surface area (Å²) in [7, 11) is 0. The molecule has 2 rings (SSSR count). The van der Waals surface area contributed by atoms with Gasteiger partial charge in [0.1, 0.15) is 5.54 Å². The molecule has 0 unspecified atom stereocenters. The number of carbonyl (C=O) groups is 1. The van der Waals surface area contributed by atoms with E-state index in [-0.39, 0.29) is 0 Å². The molecule has 74 valence electrons. The summed E-state index contributed by atoms with van der Waals surface area (Å²) in [5, 5.41) is 18.6. The summed E-state index contributed by atoms with van der Waals surface area (Å²) in [6.07, 6.45) is 2.67. The molecule has 0 saturated carbocycles. The first-order valence-electron chi connectivity index (χ1n) is 4.82. The molecule has 4 nitrogen and oxygen atoms in total. The zero-order valence-corrected chi connectivity index (χ0v) is 7.57. The number of aliphatic carboxylic acids is 1. The van der Waals surface area contributed by atoms with Crippen molar-refractivity contribution in [2.75, 3.05) is 13.1 Å². The minimum atomic E-state index is -0.760. The number of rotatable bonds is 1. The first kappa shape index (κ1) is 8.97. The normalized spacial score (nSPS) is 40.2. The van der Waals surface area contributed by atoms with Crippen molar-refractivity contribution in [3.8, 4) is 0 Å². The Bertz CT molecular complexity index is 231. The highest BCUT2D eigenvalue weighted by Crippen LogP contribution is 2.37. The second-order valence-corrected chi connectivity index (χ2v) is 4.10. The van der Waals surface area contributed by atoms with E-state index in [4.69, 9.17) is 5.11 Å². The Labute approximate surface area is 77.2 Å². The van der Waals surface area contributed by atoms with Crippen LogP contribution in [-0.4, -0.2) is 45.8 Å². The lowest BCUT2D eigenvalue weighted by atomic mass is 9.86. The Balaban J connectivity index is 2.24. The van der Waals surface area contributed by atoms with Crippen molar-refractivity contribution in [3.63, 3.8) is 0 Å². The molecule has 0 aliphatic carbocycles. The van der Waals surface area contributed by atoms with Gasteiger partial charge in [0.05, 0.1) is 6.10 Å². The van der Waals surface area contributed by atoms with Crippen molar-refractivity contribution in [2.45, 2.75) is 37.3 Å². The molecule has 2 heterocycles. The summed E-state index contributed by atoms with van der Waals surface area (Å²) in [5.41, 5.74) is -0.738. The van der Waals surface area contributed by atoms with E-state index in [0.29, 0.717) is 19.4 Å². The minimum Gasteiger partial charge on any atom is -0.480 e. The molecule has 0 bridgehead atoms. The maximum Gasteiger partial charge on any atom is 0.324 e. The Morgan fingerprint density at radius 1 is 1.46 bits per heavy atom. The second-order valence-electron chi connectivity index (χ2n) is 4.10. The van der Waals surface area contributed by atoms with E-state index in [1.165, 1.54) is 0 Å². The molecule has 0 aromatic carbocycles. The van der Waals surface area contributed by atoms with Crippen LogP contribution in [0.2, 0.25) is 0 Å². The molecular formula is C9H15NO3. The van der Waals surface area contributed by atoms with Gasteiger partial charge in [-0.3, -0.25) is 9.69 Å². The molecule has 2 atom stereocenters. The largest absolute Gasteiger partial charge is 0.480 e. The molecule has 0 radical (unpaired) electrons. The second kappa shape index (κ2) is 2.96. The van der Waals surface area contributed by atoms with Crippen LogP contribution in [0, 0.1) is 0 Å². The summed E-state index contributed by atoms with van der Waals surface area (Å²) in [6, 6.07) is 0. The fourth-order valence-electron chi connectivity index (χ4n) is 2.63. The Morgan fingerprint density at radius 3 is 2.85 bits per heavy atom. The summed E-state index contributed by atoms with van der Waals surface area (Å²) >= 11 is 0. The van der Waals surface area contributed by atoms with Crippen molar-refractivity contribution in [1.82, 2.24) is 4.90 Å². The smallest absolute Gasteiger partial charge is 0.324 e. The van der Waals surface area contributed by atoms with Crippen LogP contribution in [0.5, 0.6) is 0 Å². The number of fused-ring (bicyclic) bond motifs is 1. The van der Waals surface area contributed by atoms with E-state index in [1.807, 2.05) is 4.90 Å².